The molecule has 0 N–H and O–H groups in total. The normalized spacial score (nSPS) is 14.2. The molecule has 4 heterocycles. The lowest BCUT2D eigenvalue weighted by Gasteiger charge is -2.34. The standard InChI is InChI=1S/C25H23N3O3S/c1-16-5-7-20-18(14-16)19(15-21(26-20)23-8-6-17(2)32-23)24(29)27-9-11-28(12-10-27)25(30)22-4-3-13-31-22/h3-8,13-15H,9-12H2,1-2H3. The van der Waals surface area contributed by atoms with E-state index in [1.807, 2.05) is 36.1 Å². The fraction of sp³-hybridized carbons (Fsp3) is 0.240. The summed E-state index contributed by atoms with van der Waals surface area (Å²) in [7, 11) is 0. The Hall–Kier alpha value is -3.45. The van der Waals surface area contributed by atoms with Crippen molar-refractivity contribution in [1.29, 1.82) is 0 Å². The SMILES string of the molecule is Cc1ccc2nc(-c3ccc(C)s3)cc(C(=O)N3CCN(C(=O)c4ccco4)CC3)c2c1. The predicted octanol–water partition coefficient (Wildman–Crippen LogP) is 4.77. The number of thiophene rings is 1. The van der Waals surface area contributed by atoms with Gasteiger partial charge in [-0.25, -0.2) is 4.98 Å². The minimum Gasteiger partial charge on any atom is -0.459 e. The molecular weight excluding hydrogens is 422 g/mol. The molecule has 1 aromatic carbocycles. The van der Waals surface area contributed by atoms with E-state index in [4.69, 9.17) is 9.40 Å². The number of benzene rings is 1. The molecule has 6 nitrogen and oxygen atoms in total. The van der Waals surface area contributed by atoms with Crippen LogP contribution in [-0.4, -0.2) is 52.8 Å². The first-order valence-electron chi connectivity index (χ1n) is 10.6. The Balaban J connectivity index is 1.44. The van der Waals surface area contributed by atoms with Crippen LogP contribution in [0.4, 0.5) is 0 Å². The van der Waals surface area contributed by atoms with E-state index in [1.54, 1.807) is 28.4 Å². The van der Waals surface area contributed by atoms with Crippen molar-refractivity contribution < 1.29 is 14.0 Å². The van der Waals surface area contributed by atoms with E-state index >= 15 is 0 Å². The second-order valence-corrected chi connectivity index (χ2v) is 9.34. The Morgan fingerprint density at radius 3 is 2.34 bits per heavy atom. The first-order chi connectivity index (χ1) is 15.5. The van der Waals surface area contributed by atoms with E-state index in [-0.39, 0.29) is 11.8 Å². The molecule has 7 heteroatoms. The molecular formula is C25H23N3O3S. The third-order valence-electron chi connectivity index (χ3n) is 5.77. The first-order valence-corrected chi connectivity index (χ1v) is 11.4. The van der Waals surface area contributed by atoms with Crippen LogP contribution in [0.5, 0.6) is 0 Å². The largest absolute Gasteiger partial charge is 0.459 e. The van der Waals surface area contributed by atoms with Crippen molar-refractivity contribution in [2.45, 2.75) is 13.8 Å². The molecule has 32 heavy (non-hydrogen) atoms. The summed E-state index contributed by atoms with van der Waals surface area (Å²) in [6.07, 6.45) is 1.50. The van der Waals surface area contributed by atoms with Crippen molar-refractivity contribution in [2.75, 3.05) is 26.2 Å². The summed E-state index contributed by atoms with van der Waals surface area (Å²) in [5, 5.41) is 0.862. The van der Waals surface area contributed by atoms with Crippen molar-refractivity contribution in [2.24, 2.45) is 0 Å². The second kappa shape index (κ2) is 8.24. The Morgan fingerprint density at radius 1 is 0.938 bits per heavy atom. The molecule has 1 saturated heterocycles. The van der Waals surface area contributed by atoms with E-state index < -0.39 is 0 Å². The van der Waals surface area contributed by atoms with Crippen molar-refractivity contribution in [3.63, 3.8) is 0 Å². The van der Waals surface area contributed by atoms with Gasteiger partial charge in [0.05, 0.1) is 27.9 Å². The summed E-state index contributed by atoms with van der Waals surface area (Å²) in [5.74, 6) is 0.168. The van der Waals surface area contributed by atoms with Crippen LogP contribution in [0.2, 0.25) is 0 Å². The summed E-state index contributed by atoms with van der Waals surface area (Å²) in [6, 6.07) is 15.4. The smallest absolute Gasteiger partial charge is 0.289 e. The van der Waals surface area contributed by atoms with Gasteiger partial charge in [0.15, 0.2) is 5.76 Å². The molecule has 0 unspecified atom stereocenters. The van der Waals surface area contributed by atoms with Gasteiger partial charge in [0.25, 0.3) is 11.8 Å². The maximum absolute atomic E-state index is 13.6. The van der Waals surface area contributed by atoms with Gasteiger partial charge in [-0.05, 0) is 56.3 Å². The van der Waals surface area contributed by atoms with Crippen LogP contribution < -0.4 is 0 Å². The number of piperazine rings is 1. The second-order valence-electron chi connectivity index (χ2n) is 8.05. The van der Waals surface area contributed by atoms with Crippen molar-refractivity contribution >= 4 is 34.1 Å². The monoisotopic (exact) mass is 445 g/mol. The van der Waals surface area contributed by atoms with Gasteiger partial charge in [-0.15, -0.1) is 11.3 Å². The van der Waals surface area contributed by atoms with Crippen molar-refractivity contribution in [1.82, 2.24) is 14.8 Å². The lowest BCUT2D eigenvalue weighted by molar-refractivity contribution is 0.0519. The van der Waals surface area contributed by atoms with Gasteiger partial charge >= 0.3 is 0 Å². The van der Waals surface area contributed by atoms with Crippen LogP contribution in [0.15, 0.2) is 59.2 Å². The Bertz CT molecular complexity index is 1300. The van der Waals surface area contributed by atoms with E-state index in [2.05, 4.69) is 19.1 Å². The summed E-state index contributed by atoms with van der Waals surface area (Å²) in [5.41, 5.74) is 3.37. The fourth-order valence-electron chi connectivity index (χ4n) is 4.05. The molecule has 0 radical (unpaired) electrons. The molecule has 2 amide bonds. The van der Waals surface area contributed by atoms with Crippen LogP contribution >= 0.6 is 11.3 Å². The number of carbonyl (C=O) groups is 2. The van der Waals surface area contributed by atoms with Crippen LogP contribution in [0.25, 0.3) is 21.5 Å². The molecule has 0 bridgehead atoms. The van der Waals surface area contributed by atoms with Crippen LogP contribution in [0.3, 0.4) is 0 Å². The molecule has 1 aliphatic rings. The number of hydrogen-bond acceptors (Lipinski definition) is 5. The fourth-order valence-corrected chi connectivity index (χ4v) is 4.88. The van der Waals surface area contributed by atoms with Gasteiger partial charge in [-0.1, -0.05) is 11.6 Å². The third kappa shape index (κ3) is 3.80. The summed E-state index contributed by atoms with van der Waals surface area (Å²) >= 11 is 1.67. The van der Waals surface area contributed by atoms with Gasteiger partial charge in [-0.3, -0.25) is 9.59 Å². The maximum atomic E-state index is 13.6. The van der Waals surface area contributed by atoms with E-state index in [0.717, 1.165) is 27.0 Å². The number of rotatable bonds is 3. The number of aromatic nitrogens is 1. The molecule has 1 aliphatic heterocycles. The topological polar surface area (TPSA) is 66.7 Å². The number of aryl methyl sites for hydroxylation is 2. The molecule has 162 valence electrons. The van der Waals surface area contributed by atoms with Gasteiger partial charge in [-0.2, -0.15) is 0 Å². The van der Waals surface area contributed by atoms with Gasteiger partial charge in [0, 0.05) is 36.4 Å². The number of carbonyl (C=O) groups excluding carboxylic acids is 2. The van der Waals surface area contributed by atoms with E-state index in [0.29, 0.717) is 37.5 Å². The predicted molar refractivity (Wildman–Crippen MR) is 125 cm³/mol. The van der Waals surface area contributed by atoms with E-state index in [9.17, 15) is 9.59 Å². The maximum Gasteiger partial charge on any atom is 0.289 e. The minimum absolute atomic E-state index is 0.0253. The number of amides is 2. The van der Waals surface area contributed by atoms with Gasteiger partial charge < -0.3 is 14.2 Å². The number of fused-ring (bicyclic) bond motifs is 1. The number of nitrogens with zero attached hydrogens (tertiary/aromatic N) is 3. The highest BCUT2D eigenvalue weighted by Crippen LogP contribution is 2.31. The molecule has 5 rings (SSSR count). The van der Waals surface area contributed by atoms with Crippen LogP contribution in [0.1, 0.15) is 31.4 Å². The molecule has 0 aliphatic carbocycles. The molecule has 4 aromatic rings. The third-order valence-corrected chi connectivity index (χ3v) is 6.80. The summed E-state index contributed by atoms with van der Waals surface area (Å²) in [6.45, 7) is 5.99. The Labute approximate surface area is 190 Å². The minimum atomic E-state index is -0.137. The van der Waals surface area contributed by atoms with Crippen LogP contribution in [-0.2, 0) is 0 Å². The zero-order valence-electron chi connectivity index (χ0n) is 18.0. The average Bonchev–Trinajstić information content (AvgIpc) is 3.50. The van der Waals surface area contributed by atoms with Crippen molar-refractivity contribution in [3.05, 3.63) is 76.6 Å². The number of pyridine rings is 1. The molecule has 0 spiro atoms. The van der Waals surface area contributed by atoms with E-state index in [1.165, 1.54) is 11.1 Å². The van der Waals surface area contributed by atoms with Gasteiger partial charge in [0.1, 0.15) is 0 Å². The molecule has 0 atom stereocenters. The average molecular weight is 446 g/mol. The highest BCUT2D eigenvalue weighted by atomic mass is 32.1. The summed E-state index contributed by atoms with van der Waals surface area (Å²) in [4.78, 5) is 36.8. The molecule has 0 saturated carbocycles. The zero-order chi connectivity index (χ0) is 22.2. The van der Waals surface area contributed by atoms with Gasteiger partial charge in [0.2, 0.25) is 0 Å². The highest BCUT2D eigenvalue weighted by molar-refractivity contribution is 7.15. The lowest BCUT2D eigenvalue weighted by Crippen LogP contribution is -2.50. The number of hydrogen-bond donors (Lipinski definition) is 0. The zero-order valence-corrected chi connectivity index (χ0v) is 18.8. The van der Waals surface area contributed by atoms with Crippen LogP contribution in [0, 0.1) is 13.8 Å². The molecule has 1 fully saturated rings. The quantitative estimate of drug-likeness (QED) is 0.456. The number of furan rings is 1. The lowest BCUT2D eigenvalue weighted by atomic mass is 10.0. The Morgan fingerprint density at radius 2 is 1.69 bits per heavy atom. The molecule has 3 aromatic heterocycles. The Kier molecular flexibility index (Phi) is 5.27. The van der Waals surface area contributed by atoms with Crippen molar-refractivity contribution in [3.8, 4) is 10.6 Å². The summed E-state index contributed by atoms with van der Waals surface area (Å²) < 4.78 is 5.23. The highest BCUT2D eigenvalue weighted by Gasteiger charge is 2.28. The first kappa shape index (κ1) is 20.5.